The Kier molecular flexibility index (Phi) is 4.76. The van der Waals surface area contributed by atoms with Crippen LogP contribution in [0.2, 0.25) is 0 Å². The normalized spacial score (nSPS) is 10.1. The molecular formula is C18H18N6. The molecule has 0 saturated carbocycles. The van der Waals surface area contributed by atoms with E-state index in [0.29, 0.717) is 0 Å². The molecule has 4 aromatic rings. The van der Waals surface area contributed by atoms with Gasteiger partial charge in [0.25, 0.3) is 0 Å². The van der Waals surface area contributed by atoms with Crippen molar-refractivity contribution in [1.82, 2.24) is 29.5 Å². The lowest BCUT2D eigenvalue weighted by Gasteiger charge is -2.01. The van der Waals surface area contributed by atoms with Crippen molar-refractivity contribution >= 4 is 0 Å². The monoisotopic (exact) mass is 318 g/mol. The first kappa shape index (κ1) is 15.6. The number of aryl methyl sites for hydroxylation is 2. The van der Waals surface area contributed by atoms with Crippen LogP contribution < -0.4 is 0 Å². The Morgan fingerprint density at radius 2 is 1.50 bits per heavy atom. The summed E-state index contributed by atoms with van der Waals surface area (Å²) in [5.41, 5.74) is 4.12. The molecule has 0 aromatic carbocycles. The highest BCUT2D eigenvalue weighted by molar-refractivity contribution is 5.28. The van der Waals surface area contributed by atoms with Crippen molar-refractivity contribution < 1.29 is 0 Å². The van der Waals surface area contributed by atoms with Crippen LogP contribution in [0.25, 0.3) is 11.4 Å². The van der Waals surface area contributed by atoms with Crippen molar-refractivity contribution in [3.63, 3.8) is 0 Å². The van der Waals surface area contributed by atoms with E-state index in [4.69, 9.17) is 0 Å². The topological polar surface area (TPSA) is 61.4 Å². The molecule has 4 rings (SSSR count). The first-order chi connectivity index (χ1) is 11.7. The molecule has 6 heteroatoms. The lowest BCUT2D eigenvalue weighted by molar-refractivity contribution is 0.841. The molecule has 0 atom stereocenters. The van der Waals surface area contributed by atoms with Crippen LogP contribution >= 0.6 is 0 Å². The average Bonchev–Trinajstić information content (AvgIpc) is 3.25. The summed E-state index contributed by atoms with van der Waals surface area (Å²) >= 11 is 0. The van der Waals surface area contributed by atoms with Gasteiger partial charge in [0.05, 0.1) is 29.5 Å². The molecule has 0 aliphatic rings. The summed E-state index contributed by atoms with van der Waals surface area (Å²) in [7, 11) is 0. The third-order valence-corrected chi connectivity index (χ3v) is 3.36. The van der Waals surface area contributed by atoms with E-state index >= 15 is 0 Å². The van der Waals surface area contributed by atoms with Gasteiger partial charge in [0.2, 0.25) is 0 Å². The summed E-state index contributed by atoms with van der Waals surface area (Å²) in [6.07, 6.45) is 10.8. The quantitative estimate of drug-likeness (QED) is 0.569. The van der Waals surface area contributed by atoms with Crippen LogP contribution in [0.5, 0.6) is 0 Å². The highest BCUT2D eigenvalue weighted by Gasteiger charge is 1.98. The smallest absolute Gasteiger partial charge is 0.0831 e. The van der Waals surface area contributed by atoms with Crippen LogP contribution in [0.15, 0.2) is 73.6 Å². The van der Waals surface area contributed by atoms with E-state index in [2.05, 4.69) is 20.2 Å². The van der Waals surface area contributed by atoms with Crippen molar-refractivity contribution in [2.24, 2.45) is 0 Å². The Morgan fingerprint density at radius 3 is 2.00 bits per heavy atom. The molecule has 0 fully saturated rings. The van der Waals surface area contributed by atoms with E-state index in [1.807, 2.05) is 65.8 Å². The Morgan fingerprint density at radius 1 is 0.792 bits per heavy atom. The fourth-order valence-electron chi connectivity index (χ4n) is 2.17. The van der Waals surface area contributed by atoms with Crippen molar-refractivity contribution in [1.29, 1.82) is 0 Å². The van der Waals surface area contributed by atoms with Crippen molar-refractivity contribution in [3.05, 3.63) is 85.0 Å². The summed E-state index contributed by atoms with van der Waals surface area (Å²) in [6, 6.07) is 11.7. The molecule has 120 valence electrons. The second-order valence-corrected chi connectivity index (χ2v) is 5.21. The molecule has 0 aliphatic carbocycles. The van der Waals surface area contributed by atoms with E-state index in [9.17, 15) is 0 Å². The zero-order chi connectivity index (χ0) is 16.8. The summed E-state index contributed by atoms with van der Waals surface area (Å²) < 4.78 is 3.66. The Hall–Kier alpha value is -3.28. The maximum Gasteiger partial charge on any atom is 0.0831 e. The molecule has 4 heterocycles. The van der Waals surface area contributed by atoms with E-state index in [0.717, 1.165) is 22.8 Å². The molecule has 0 saturated heterocycles. The first-order valence-electron chi connectivity index (χ1n) is 7.58. The van der Waals surface area contributed by atoms with E-state index in [-0.39, 0.29) is 0 Å². The molecular weight excluding hydrogens is 300 g/mol. The van der Waals surface area contributed by atoms with Gasteiger partial charge in [-0.05, 0) is 50.2 Å². The lowest BCUT2D eigenvalue weighted by Crippen LogP contribution is -1.97. The summed E-state index contributed by atoms with van der Waals surface area (Å²) in [5, 5.41) is 8.42. The van der Waals surface area contributed by atoms with Gasteiger partial charge in [-0.25, -0.2) is 9.36 Å². The minimum atomic E-state index is 0.991. The molecule has 0 N–H and O–H groups in total. The highest BCUT2D eigenvalue weighted by Crippen LogP contribution is 2.06. The SMILES string of the molecule is Cc1ccn(-c2cccnc2)n1.Cc1ccnn1-c1cccnc1. The molecule has 6 nitrogen and oxygen atoms in total. The number of pyridine rings is 2. The van der Waals surface area contributed by atoms with Crippen molar-refractivity contribution in [2.75, 3.05) is 0 Å². The van der Waals surface area contributed by atoms with Crippen LogP contribution in [0.3, 0.4) is 0 Å². The molecule has 4 aromatic heterocycles. The molecule has 0 aliphatic heterocycles. The van der Waals surface area contributed by atoms with Gasteiger partial charge in [0.1, 0.15) is 0 Å². The predicted octanol–water partition coefficient (Wildman–Crippen LogP) is 3.15. The molecule has 0 radical (unpaired) electrons. The van der Waals surface area contributed by atoms with Gasteiger partial charge >= 0.3 is 0 Å². The molecule has 0 bridgehead atoms. The third-order valence-electron chi connectivity index (χ3n) is 3.36. The Labute approximate surface area is 140 Å². The average molecular weight is 318 g/mol. The largest absolute Gasteiger partial charge is 0.262 e. The third kappa shape index (κ3) is 3.73. The zero-order valence-corrected chi connectivity index (χ0v) is 13.6. The van der Waals surface area contributed by atoms with Gasteiger partial charge in [0, 0.05) is 30.5 Å². The zero-order valence-electron chi connectivity index (χ0n) is 13.6. The fraction of sp³-hybridized carbons (Fsp3) is 0.111. The van der Waals surface area contributed by atoms with E-state index in [1.165, 1.54) is 0 Å². The number of rotatable bonds is 2. The first-order valence-corrected chi connectivity index (χ1v) is 7.58. The van der Waals surface area contributed by atoms with Crippen LogP contribution in [0.1, 0.15) is 11.4 Å². The van der Waals surface area contributed by atoms with Gasteiger partial charge in [-0.15, -0.1) is 0 Å². The van der Waals surface area contributed by atoms with Crippen LogP contribution in [-0.4, -0.2) is 29.5 Å². The predicted molar refractivity (Wildman–Crippen MR) is 92.2 cm³/mol. The molecule has 0 spiro atoms. The fourth-order valence-corrected chi connectivity index (χ4v) is 2.17. The summed E-state index contributed by atoms with van der Waals surface area (Å²) in [6.45, 7) is 3.98. The lowest BCUT2D eigenvalue weighted by atomic mass is 10.4. The van der Waals surface area contributed by atoms with Gasteiger partial charge < -0.3 is 0 Å². The second-order valence-electron chi connectivity index (χ2n) is 5.21. The van der Waals surface area contributed by atoms with Crippen LogP contribution in [0, 0.1) is 13.8 Å². The van der Waals surface area contributed by atoms with Crippen molar-refractivity contribution in [2.45, 2.75) is 13.8 Å². The Bertz CT molecular complexity index is 880. The standard InChI is InChI=1S/2C9H9N3/c1-8-4-6-12(11-8)9-3-2-5-10-7-9;1-8-4-6-11-12(8)9-3-2-5-10-7-9/h2*2-7H,1H3. The highest BCUT2D eigenvalue weighted by atomic mass is 15.3. The van der Waals surface area contributed by atoms with Crippen molar-refractivity contribution in [3.8, 4) is 11.4 Å². The van der Waals surface area contributed by atoms with Gasteiger partial charge in [-0.1, -0.05) is 0 Å². The van der Waals surface area contributed by atoms with Crippen LogP contribution in [-0.2, 0) is 0 Å². The number of hydrogen-bond acceptors (Lipinski definition) is 4. The molecule has 24 heavy (non-hydrogen) atoms. The van der Waals surface area contributed by atoms with Gasteiger partial charge in [0.15, 0.2) is 0 Å². The minimum Gasteiger partial charge on any atom is -0.262 e. The molecule has 0 unspecified atom stereocenters. The number of nitrogens with zero attached hydrogens (tertiary/aromatic N) is 6. The van der Waals surface area contributed by atoms with Crippen LogP contribution in [0.4, 0.5) is 0 Å². The number of hydrogen-bond donors (Lipinski definition) is 0. The van der Waals surface area contributed by atoms with E-state index < -0.39 is 0 Å². The maximum atomic E-state index is 4.26. The summed E-state index contributed by atoms with van der Waals surface area (Å²) in [5.74, 6) is 0. The van der Waals surface area contributed by atoms with E-state index in [1.54, 1.807) is 31.0 Å². The van der Waals surface area contributed by atoms with Gasteiger partial charge in [-0.2, -0.15) is 10.2 Å². The maximum absolute atomic E-state index is 4.26. The molecule has 0 amide bonds. The van der Waals surface area contributed by atoms with Gasteiger partial charge in [-0.3, -0.25) is 9.97 Å². The minimum absolute atomic E-state index is 0.991. The Balaban J connectivity index is 0.000000141. The summed E-state index contributed by atoms with van der Waals surface area (Å²) in [4.78, 5) is 8.03. The number of aromatic nitrogens is 6. The second kappa shape index (κ2) is 7.32.